The maximum Gasteiger partial charge on any atom is 0.159 e. The van der Waals surface area contributed by atoms with E-state index in [0.29, 0.717) is 30.8 Å². The molecule has 2 bridgehead atoms. The van der Waals surface area contributed by atoms with Gasteiger partial charge in [0, 0.05) is 37.2 Å². The van der Waals surface area contributed by atoms with Crippen molar-refractivity contribution in [1.29, 1.82) is 0 Å². The normalized spacial score (nSPS) is 23.8. The van der Waals surface area contributed by atoms with E-state index in [-0.39, 0.29) is 5.78 Å². The lowest BCUT2D eigenvalue weighted by Crippen LogP contribution is -2.48. The van der Waals surface area contributed by atoms with Gasteiger partial charge in [-0.2, -0.15) is 0 Å². The molecule has 2 aliphatic rings. The molecular formula is C20H28N2O2. The molecule has 0 radical (unpaired) electrons. The fraction of sp³-hybridized carbons (Fsp3) is 0.600. The summed E-state index contributed by atoms with van der Waals surface area (Å²) >= 11 is 0. The Morgan fingerprint density at radius 3 is 2.58 bits per heavy atom. The molecule has 2 saturated heterocycles. The number of carbonyl (C=O) groups is 2. The first-order valence-corrected chi connectivity index (χ1v) is 9.16. The summed E-state index contributed by atoms with van der Waals surface area (Å²) in [4.78, 5) is 28.1. The van der Waals surface area contributed by atoms with Gasteiger partial charge >= 0.3 is 0 Å². The van der Waals surface area contributed by atoms with Gasteiger partial charge in [0.25, 0.3) is 0 Å². The number of Topliss-reactive ketones (excluding diaryl/α,β-unsaturated/α-hetero) is 2. The first kappa shape index (κ1) is 17.3. The van der Waals surface area contributed by atoms with E-state index in [2.05, 4.69) is 15.9 Å². The molecule has 130 valence electrons. The molecule has 4 heteroatoms. The Balaban J connectivity index is 1.44. The van der Waals surface area contributed by atoms with Gasteiger partial charge < -0.3 is 0 Å². The molecule has 0 spiro atoms. The van der Waals surface area contributed by atoms with Crippen LogP contribution in [0.5, 0.6) is 0 Å². The second-order valence-corrected chi connectivity index (χ2v) is 7.22. The summed E-state index contributed by atoms with van der Waals surface area (Å²) in [6.45, 7) is 7.48. The van der Waals surface area contributed by atoms with Gasteiger partial charge in [-0.05, 0) is 44.4 Å². The highest BCUT2D eigenvalue weighted by atomic mass is 16.1. The maximum atomic E-state index is 11.7. The number of nitrogens with zero attached hydrogens (tertiary/aromatic N) is 2. The van der Waals surface area contributed by atoms with Gasteiger partial charge in [0.1, 0.15) is 5.78 Å². The number of rotatable bonds is 8. The number of fused-ring (bicyclic) bond motifs is 2. The Hall–Kier alpha value is -1.52. The van der Waals surface area contributed by atoms with Crippen LogP contribution < -0.4 is 0 Å². The lowest BCUT2D eigenvalue weighted by atomic mass is 10.0. The minimum absolute atomic E-state index is 0.135. The van der Waals surface area contributed by atoms with Crippen molar-refractivity contribution < 1.29 is 9.59 Å². The van der Waals surface area contributed by atoms with E-state index in [4.69, 9.17) is 0 Å². The Labute approximate surface area is 144 Å². The minimum atomic E-state index is 0.135. The van der Waals surface area contributed by atoms with Gasteiger partial charge in [0.2, 0.25) is 0 Å². The van der Waals surface area contributed by atoms with Crippen LogP contribution in [0.3, 0.4) is 0 Å². The third-order valence-corrected chi connectivity index (χ3v) is 5.49. The Kier molecular flexibility index (Phi) is 5.47. The third-order valence-electron chi connectivity index (χ3n) is 5.49. The van der Waals surface area contributed by atoms with Crippen molar-refractivity contribution in [1.82, 2.24) is 9.80 Å². The number of piperazine rings is 1. The van der Waals surface area contributed by atoms with Gasteiger partial charge in [0.05, 0.1) is 6.54 Å². The smallest absolute Gasteiger partial charge is 0.159 e. The molecule has 1 aromatic carbocycles. The molecule has 2 unspecified atom stereocenters. The molecule has 0 N–H and O–H groups in total. The van der Waals surface area contributed by atoms with Gasteiger partial charge in [-0.3, -0.25) is 19.4 Å². The monoisotopic (exact) mass is 328 g/mol. The fourth-order valence-corrected chi connectivity index (χ4v) is 4.07. The summed E-state index contributed by atoms with van der Waals surface area (Å²) in [7, 11) is 0. The Morgan fingerprint density at radius 2 is 1.92 bits per heavy atom. The lowest BCUT2D eigenvalue weighted by Gasteiger charge is -2.33. The number of ketones is 2. The van der Waals surface area contributed by atoms with Crippen LogP contribution in [0.25, 0.3) is 0 Å². The Morgan fingerprint density at radius 1 is 1.17 bits per heavy atom. The molecule has 2 heterocycles. The summed E-state index contributed by atoms with van der Waals surface area (Å²) in [6.07, 6.45) is 4.01. The van der Waals surface area contributed by atoms with Gasteiger partial charge in [-0.1, -0.05) is 25.1 Å². The number of aryl methyl sites for hydroxylation is 1. The summed E-state index contributed by atoms with van der Waals surface area (Å²) in [5.74, 6) is 0.495. The van der Waals surface area contributed by atoms with Crippen molar-refractivity contribution in [2.24, 2.45) is 0 Å². The van der Waals surface area contributed by atoms with E-state index < -0.39 is 0 Å². The molecule has 2 atom stereocenters. The van der Waals surface area contributed by atoms with Crippen LogP contribution >= 0.6 is 0 Å². The van der Waals surface area contributed by atoms with Crippen LogP contribution in [0.2, 0.25) is 0 Å². The van der Waals surface area contributed by atoms with Crippen molar-refractivity contribution in [3.05, 3.63) is 35.4 Å². The van der Waals surface area contributed by atoms with E-state index in [0.717, 1.165) is 38.0 Å². The highest BCUT2D eigenvalue weighted by Crippen LogP contribution is 2.30. The first-order valence-electron chi connectivity index (χ1n) is 9.16. The lowest BCUT2D eigenvalue weighted by molar-refractivity contribution is -0.120. The summed E-state index contributed by atoms with van der Waals surface area (Å²) < 4.78 is 0. The molecule has 3 rings (SSSR count). The van der Waals surface area contributed by atoms with Crippen molar-refractivity contribution >= 4 is 11.6 Å². The van der Waals surface area contributed by atoms with Crippen molar-refractivity contribution in [2.75, 3.05) is 26.2 Å². The van der Waals surface area contributed by atoms with E-state index in [1.807, 2.05) is 25.1 Å². The molecule has 2 fully saturated rings. The number of hydrogen-bond acceptors (Lipinski definition) is 4. The summed E-state index contributed by atoms with van der Waals surface area (Å²) in [5, 5.41) is 0. The average Bonchev–Trinajstić information content (AvgIpc) is 3.15. The molecule has 0 aliphatic carbocycles. The maximum absolute atomic E-state index is 11.7. The number of likely N-dealkylation sites (tertiary alicyclic amines) is 2. The Bertz CT molecular complexity index is 613. The molecule has 0 saturated carbocycles. The number of carbonyl (C=O) groups excluding carboxylic acids is 2. The quantitative estimate of drug-likeness (QED) is 0.688. The van der Waals surface area contributed by atoms with E-state index >= 15 is 0 Å². The summed E-state index contributed by atoms with van der Waals surface area (Å²) in [5.41, 5.74) is 2.06. The first-order chi connectivity index (χ1) is 11.6. The SMILES string of the molecule is CCC(=O)CN1CC2CC1CN2CCCc1cccc(C(C)=O)c1. The highest BCUT2D eigenvalue weighted by Gasteiger charge is 2.42. The van der Waals surface area contributed by atoms with Crippen molar-refractivity contribution in [2.45, 2.75) is 51.6 Å². The largest absolute Gasteiger partial charge is 0.298 e. The summed E-state index contributed by atoms with van der Waals surface area (Å²) in [6, 6.07) is 9.20. The van der Waals surface area contributed by atoms with Gasteiger partial charge in [-0.25, -0.2) is 0 Å². The van der Waals surface area contributed by atoms with Crippen molar-refractivity contribution in [3.63, 3.8) is 0 Å². The predicted molar refractivity (Wildman–Crippen MR) is 95.4 cm³/mol. The molecule has 4 nitrogen and oxygen atoms in total. The van der Waals surface area contributed by atoms with E-state index in [9.17, 15) is 9.59 Å². The van der Waals surface area contributed by atoms with E-state index in [1.54, 1.807) is 6.92 Å². The average molecular weight is 328 g/mol. The molecule has 1 aromatic rings. The van der Waals surface area contributed by atoms with Crippen LogP contribution in [0.1, 0.15) is 49.0 Å². The number of hydrogen-bond donors (Lipinski definition) is 0. The standard InChI is InChI=1S/C20H28N2O2/c1-3-20(24)14-22-13-18-11-19(22)12-21(18)9-5-7-16-6-4-8-17(10-16)15(2)23/h4,6,8,10,18-19H,3,5,7,9,11-14H2,1-2H3. The molecule has 0 aromatic heterocycles. The zero-order valence-corrected chi connectivity index (χ0v) is 14.8. The van der Waals surface area contributed by atoms with Crippen LogP contribution in [0, 0.1) is 0 Å². The highest BCUT2D eigenvalue weighted by molar-refractivity contribution is 5.94. The van der Waals surface area contributed by atoms with Crippen molar-refractivity contribution in [3.8, 4) is 0 Å². The zero-order valence-electron chi connectivity index (χ0n) is 14.8. The molecule has 2 aliphatic heterocycles. The third kappa shape index (κ3) is 3.93. The van der Waals surface area contributed by atoms with Gasteiger partial charge in [0.15, 0.2) is 5.78 Å². The predicted octanol–water partition coefficient (Wildman–Crippen LogP) is 2.56. The second kappa shape index (κ2) is 7.58. The second-order valence-electron chi connectivity index (χ2n) is 7.22. The fourth-order valence-electron chi connectivity index (χ4n) is 4.07. The minimum Gasteiger partial charge on any atom is -0.298 e. The topological polar surface area (TPSA) is 40.6 Å². The van der Waals surface area contributed by atoms with Crippen LogP contribution in [-0.4, -0.2) is 59.6 Å². The number of benzene rings is 1. The molecule has 24 heavy (non-hydrogen) atoms. The van der Waals surface area contributed by atoms with Crippen LogP contribution in [0.15, 0.2) is 24.3 Å². The van der Waals surface area contributed by atoms with E-state index in [1.165, 1.54) is 12.0 Å². The van der Waals surface area contributed by atoms with Crippen LogP contribution in [-0.2, 0) is 11.2 Å². The molecule has 0 amide bonds. The molecular weight excluding hydrogens is 300 g/mol. The zero-order chi connectivity index (χ0) is 17.1. The van der Waals surface area contributed by atoms with Crippen LogP contribution in [0.4, 0.5) is 0 Å². The van der Waals surface area contributed by atoms with Gasteiger partial charge in [-0.15, -0.1) is 0 Å².